The molecule has 2 aromatic carbocycles. The van der Waals surface area contributed by atoms with Crippen molar-refractivity contribution in [2.24, 2.45) is 0 Å². The Labute approximate surface area is 189 Å². The number of aliphatic hydroxyl groups is 1. The summed E-state index contributed by atoms with van der Waals surface area (Å²) in [4.78, 5) is 20.5. The number of aliphatic hydroxyl groups excluding tert-OH is 1. The number of pyridine rings is 2. The summed E-state index contributed by atoms with van der Waals surface area (Å²) in [6, 6.07) is 20.9. The maximum absolute atomic E-state index is 12.8. The minimum atomic E-state index is -0.0828. The number of hydrogen-bond donors (Lipinski definition) is 2. The molecule has 0 aliphatic heterocycles. The lowest BCUT2D eigenvalue weighted by Crippen LogP contribution is -2.19. The molecule has 3 heterocycles. The van der Waals surface area contributed by atoms with Crippen LogP contribution in [0.3, 0.4) is 0 Å². The van der Waals surface area contributed by atoms with Gasteiger partial charge in [0.25, 0.3) is 5.56 Å². The Kier molecular flexibility index (Phi) is 5.35. The summed E-state index contributed by atoms with van der Waals surface area (Å²) in [5.41, 5.74) is 6.26. The van der Waals surface area contributed by atoms with E-state index in [0.29, 0.717) is 11.6 Å². The lowest BCUT2D eigenvalue weighted by atomic mass is 10.0. The van der Waals surface area contributed by atoms with Gasteiger partial charge in [0.2, 0.25) is 0 Å². The van der Waals surface area contributed by atoms with Gasteiger partial charge in [0.15, 0.2) is 0 Å². The Morgan fingerprint density at radius 1 is 0.938 bits per heavy atom. The largest absolute Gasteiger partial charge is 0.392 e. The van der Waals surface area contributed by atoms with Crippen LogP contribution in [0.25, 0.3) is 33.3 Å². The van der Waals surface area contributed by atoms with E-state index in [1.54, 1.807) is 10.6 Å². The van der Waals surface area contributed by atoms with Gasteiger partial charge in [0.1, 0.15) is 5.65 Å². The van der Waals surface area contributed by atoms with E-state index in [9.17, 15) is 9.90 Å². The predicted molar refractivity (Wildman–Crippen MR) is 128 cm³/mol. The third-order valence-electron chi connectivity index (χ3n) is 5.55. The molecule has 0 unspecified atom stereocenters. The van der Waals surface area contributed by atoms with Crippen molar-refractivity contribution in [1.82, 2.24) is 14.5 Å². The molecule has 0 amide bonds. The molecule has 0 fully saturated rings. The van der Waals surface area contributed by atoms with Gasteiger partial charge >= 0.3 is 0 Å². The standard InChI is InChI=1S/C26H20ClN3O2/c27-22-3-1-2-18(10-22)15-30-9-8-20(12-25(30)32)24-14-29-26-23(24)11-21(13-28-26)19-6-4-17(16-31)5-7-19/h1-14,31H,15-16H2,(H,28,29). The summed E-state index contributed by atoms with van der Waals surface area (Å²) >= 11 is 6.06. The van der Waals surface area contributed by atoms with Gasteiger partial charge in [-0.25, -0.2) is 4.98 Å². The number of hydrogen-bond acceptors (Lipinski definition) is 3. The van der Waals surface area contributed by atoms with Crippen LogP contribution in [0.5, 0.6) is 0 Å². The highest BCUT2D eigenvalue weighted by Crippen LogP contribution is 2.30. The van der Waals surface area contributed by atoms with Crippen molar-refractivity contribution in [2.45, 2.75) is 13.2 Å². The summed E-state index contributed by atoms with van der Waals surface area (Å²) in [7, 11) is 0. The van der Waals surface area contributed by atoms with E-state index in [1.807, 2.05) is 73.2 Å². The van der Waals surface area contributed by atoms with Crippen molar-refractivity contribution in [1.29, 1.82) is 0 Å². The first-order valence-electron chi connectivity index (χ1n) is 10.2. The fourth-order valence-corrected chi connectivity index (χ4v) is 4.05. The Morgan fingerprint density at radius 2 is 1.78 bits per heavy atom. The van der Waals surface area contributed by atoms with E-state index in [2.05, 4.69) is 16.0 Å². The maximum Gasteiger partial charge on any atom is 0.251 e. The summed E-state index contributed by atoms with van der Waals surface area (Å²) in [6.45, 7) is 0.478. The van der Waals surface area contributed by atoms with Crippen LogP contribution in [-0.4, -0.2) is 19.6 Å². The van der Waals surface area contributed by atoms with Crippen LogP contribution < -0.4 is 5.56 Å². The molecule has 2 N–H and O–H groups in total. The van der Waals surface area contributed by atoms with Crippen molar-refractivity contribution < 1.29 is 5.11 Å². The molecule has 0 saturated heterocycles. The molecule has 5 aromatic rings. The number of aromatic amines is 1. The number of aromatic nitrogens is 3. The number of nitrogens with zero attached hydrogens (tertiary/aromatic N) is 2. The van der Waals surface area contributed by atoms with Crippen LogP contribution in [0, 0.1) is 0 Å². The Balaban J connectivity index is 1.50. The molecule has 158 valence electrons. The molecule has 0 atom stereocenters. The number of benzene rings is 2. The molecule has 0 spiro atoms. The van der Waals surface area contributed by atoms with Crippen molar-refractivity contribution in [3.8, 4) is 22.3 Å². The first-order chi connectivity index (χ1) is 15.6. The van der Waals surface area contributed by atoms with Crippen LogP contribution in [0.4, 0.5) is 0 Å². The molecular weight excluding hydrogens is 422 g/mol. The zero-order chi connectivity index (χ0) is 22.1. The zero-order valence-electron chi connectivity index (χ0n) is 17.1. The third-order valence-corrected chi connectivity index (χ3v) is 5.79. The summed E-state index contributed by atoms with van der Waals surface area (Å²) in [5, 5.41) is 10.9. The number of fused-ring (bicyclic) bond motifs is 1. The Morgan fingerprint density at radius 3 is 2.53 bits per heavy atom. The molecule has 0 aliphatic rings. The van der Waals surface area contributed by atoms with Gasteiger partial charge in [-0.3, -0.25) is 4.79 Å². The van der Waals surface area contributed by atoms with Crippen LogP contribution in [0.15, 0.2) is 90.1 Å². The van der Waals surface area contributed by atoms with Gasteiger partial charge < -0.3 is 14.7 Å². The topological polar surface area (TPSA) is 70.9 Å². The summed E-state index contributed by atoms with van der Waals surface area (Å²) in [6.07, 6.45) is 5.51. The van der Waals surface area contributed by atoms with Crippen molar-refractivity contribution >= 4 is 22.6 Å². The second-order valence-electron chi connectivity index (χ2n) is 7.69. The molecule has 3 aromatic heterocycles. The van der Waals surface area contributed by atoms with Gasteiger partial charge in [-0.1, -0.05) is 48.0 Å². The second kappa shape index (κ2) is 8.46. The molecule has 5 rings (SSSR count). The van der Waals surface area contributed by atoms with Gasteiger partial charge in [0, 0.05) is 46.2 Å². The Hall–Kier alpha value is -3.67. The van der Waals surface area contributed by atoms with Crippen LogP contribution in [0.2, 0.25) is 5.02 Å². The summed E-state index contributed by atoms with van der Waals surface area (Å²) in [5.74, 6) is 0. The molecule has 32 heavy (non-hydrogen) atoms. The van der Waals surface area contributed by atoms with Crippen LogP contribution in [-0.2, 0) is 13.2 Å². The highest BCUT2D eigenvalue weighted by atomic mass is 35.5. The lowest BCUT2D eigenvalue weighted by molar-refractivity contribution is 0.282. The number of nitrogens with one attached hydrogen (secondary N) is 1. The van der Waals surface area contributed by atoms with Crippen LogP contribution in [0.1, 0.15) is 11.1 Å². The van der Waals surface area contributed by atoms with E-state index in [1.165, 1.54) is 0 Å². The average molecular weight is 442 g/mol. The first kappa shape index (κ1) is 20.2. The van der Waals surface area contributed by atoms with E-state index in [-0.39, 0.29) is 12.2 Å². The van der Waals surface area contributed by atoms with E-state index < -0.39 is 0 Å². The monoisotopic (exact) mass is 441 g/mol. The minimum Gasteiger partial charge on any atom is -0.392 e. The normalized spacial score (nSPS) is 11.2. The molecule has 5 nitrogen and oxygen atoms in total. The molecule has 0 aliphatic carbocycles. The van der Waals surface area contributed by atoms with Gasteiger partial charge in [0.05, 0.1) is 13.2 Å². The Bertz CT molecular complexity index is 1470. The molecule has 0 saturated carbocycles. The van der Waals surface area contributed by atoms with E-state index in [4.69, 9.17) is 11.6 Å². The lowest BCUT2D eigenvalue weighted by Gasteiger charge is -2.08. The van der Waals surface area contributed by atoms with Gasteiger partial charge in [-0.2, -0.15) is 0 Å². The molecular formula is C26H20ClN3O2. The smallest absolute Gasteiger partial charge is 0.251 e. The highest BCUT2D eigenvalue weighted by molar-refractivity contribution is 6.30. The molecule has 0 radical (unpaired) electrons. The average Bonchev–Trinajstić information content (AvgIpc) is 3.24. The van der Waals surface area contributed by atoms with Crippen molar-refractivity contribution in [3.63, 3.8) is 0 Å². The number of rotatable bonds is 5. The zero-order valence-corrected chi connectivity index (χ0v) is 17.9. The van der Waals surface area contributed by atoms with E-state index in [0.717, 1.165) is 44.4 Å². The minimum absolute atomic E-state index is 0.0162. The maximum atomic E-state index is 12.8. The van der Waals surface area contributed by atoms with Crippen molar-refractivity contribution in [2.75, 3.05) is 0 Å². The quantitative estimate of drug-likeness (QED) is 0.391. The molecule has 0 bridgehead atoms. The second-order valence-corrected chi connectivity index (χ2v) is 8.13. The van der Waals surface area contributed by atoms with Gasteiger partial charge in [-0.15, -0.1) is 0 Å². The number of halogens is 1. The van der Waals surface area contributed by atoms with E-state index >= 15 is 0 Å². The first-order valence-corrected chi connectivity index (χ1v) is 10.6. The third kappa shape index (κ3) is 3.96. The molecule has 6 heteroatoms. The van der Waals surface area contributed by atoms with Crippen LogP contribution >= 0.6 is 11.6 Å². The highest BCUT2D eigenvalue weighted by Gasteiger charge is 2.11. The van der Waals surface area contributed by atoms with Gasteiger partial charge in [-0.05, 0) is 46.5 Å². The number of H-pyrrole nitrogens is 1. The SMILES string of the molecule is O=c1cc(-c2c[nH]c3ncc(-c4ccc(CO)cc4)cc23)ccn1Cc1cccc(Cl)c1. The fourth-order valence-electron chi connectivity index (χ4n) is 3.84. The fraction of sp³-hybridized carbons (Fsp3) is 0.0769. The predicted octanol–water partition coefficient (Wildman–Crippen LogP) is 5.25. The van der Waals surface area contributed by atoms with Crippen molar-refractivity contribution in [3.05, 3.63) is 112 Å². The summed E-state index contributed by atoms with van der Waals surface area (Å²) < 4.78 is 1.66.